The zero-order valence-corrected chi connectivity index (χ0v) is 8.96. The molecule has 0 aromatic heterocycles. The molecule has 0 bridgehead atoms. The van der Waals surface area contributed by atoms with Gasteiger partial charge in [0.05, 0.1) is 0 Å². The lowest BCUT2D eigenvalue weighted by atomic mass is 9.89. The predicted molar refractivity (Wildman–Crippen MR) is 56.1 cm³/mol. The molecular formula is C11H20N2O. The van der Waals surface area contributed by atoms with Gasteiger partial charge in [-0.2, -0.15) is 0 Å². The summed E-state index contributed by atoms with van der Waals surface area (Å²) in [6, 6.07) is 1.04. The van der Waals surface area contributed by atoms with Crippen molar-refractivity contribution in [1.82, 2.24) is 10.2 Å². The van der Waals surface area contributed by atoms with Gasteiger partial charge >= 0.3 is 0 Å². The van der Waals surface area contributed by atoms with E-state index in [-0.39, 0.29) is 5.91 Å². The molecule has 2 rings (SSSR count). The first kappa shape index (κ1) is 9.97. The van der Waals surface area contributed by atoms with E-state index in [1.165, 1.54) is 45.2 Å². The van der Waals surface area contributed by atoms with E-state index in [1.807, 2.05) is 0 Å². The molecule has 0 aromatic carbocycles. The smallest absolute Gasteiger partial charge is 0.217 e. The molecule has 0 saturated carbocycles. The molecule has 2 atom stereocenters. The summed E-state index contributed by atoms with van der Waals surface area (Å²) in [5, 5.41) is 3.10. The highest BCUT2D eigenvalue weighted by atomic mass is 16.1. The Hall–Kier alpha value is -0.570. The average Bonchev–Trinajstić information content (AvgIpc) is 2.18. The maximum absolute atomic E-state index is 11.1. The summed E-state index contributed by atoms with van der Waals surface area (Å²) in [4.78, 5) is 13.6. The van der Waals surface area contributed by atoms with E-state index < -0.39 is 0 Å². The van der Waals surface area contributed by atoms with Crippen LogP contribution in [0.2, 0.25) is 0 Å². The van der Waals surface area contributed by atoms with Gasteiger partial charge in [0.25, 0.3) is 0 Å². The van der Waals surface area contributed by atoms with Gasteiger partial charge in [0, 0.05) is 19.0 Å². The summed E-state index contributed by atoms with van der Waals surface area (Å²) in [5.74, 6) is 0.127. The summed E-state index contributed by atoms with van der Waals surface area (Å²) < 4.78 is 0. The third kappa shape index (κ3) is 2.08. The maximum atomic E-state index is 11.1. The summed E-state index contributed by atoms with van der Waals surface area (Å²) >= 11 is 0. The second-order valence-electron chi connectivity index (χ2n) is 4.55. The van der Waals surface area contributed by atoms with Crippen molar-refractivity contribution >= 4 is 5.91 Å². The van der Waals surface area contributed by atoms with Crippen LogP contribution in [-0.4, -0.2) is 36.0 Å². The second kappa shape index (κ2) is 4.30. The van der Waals surface area contributed by atoms with Crippen LogP contribution in [0.25, 0.3) is 0 Å². The first-order valence-electron chi connectivity index (χ1n) is 5.78. The number of amides is 1. The van der Waals surface area contributed by atoms with Crippen molar-refractivity contribution in [3.8, 4) is 0 Å². The Labute approximate surface area is 85.8 Å². The van der Waals surface area contributed by atoms with E-state index in [1.54, 1.807) is 6.92 Å². The van der Waals surface area contributed by atoms with Crippen LogP contribution in [0.3, 0.4) is 0 Å². The van der Waals surface area contributed by atoms with Crippen LogP contribution in [0.1, 0.15) is 39.0 Å². The van der Waals surface area contributed by atoms with Gasteiger partial charge < -0.3 is 5.32 Å². The van der Waals surface area contributed by atoms with E-state index >= 15 is 0 Å². The zero-order valence-electron chi connectivity index (χ0n) is 8.96. The van der Waals surface area contributed by atoms with Gasteiger partial charge in [-0.15, -0.1) is 0 Å². The Balaban J connectivity index is 1.97. The van der Waals surface area contributed by atoms with Crippen molar-refractivity contribution in [2.45, 2.75) is 51.1 Å². The number of fused-ring (bicyclic) bond motifs is 1. The van der Waals surface area contributed by atoms with Crippen molar-refractivity contribution in [3.63, 3.8) is 0 Å². The van der Waals surface area contributed by atoms with Gasteiger partial charge in [-0.05, 0) is 38.8 Å². The predicted octanol–water partition coefficient (Wildman–Crippen LogP) is 1.14. The van der Waals surface area contributed by atoms with Crippen molar-refractivity contribution in [2.24, 2.45) is 0 Å². The lowest BCUT2D eigenvalue weighted by molar-refractivity contribution is -0.120. The molecule has 0 spiro atoms. The van der Waals surface area contributed by atoms with Gasteiger partial charge in [0.15, 0.2) is 0 Å². The molecule has 0 radical (unpaired) electrons. The van der Waals surface area contributed by atoms with Gasteiger partial charge in [-0.1, -0.05) is 6.42 Å². The molecule has 2 fully saturated rings. The molecule has 3 heteroatoms. The topological polar surface area (TPSA) is 32.3 Å². The van der Waals surface area contributed by atoms with E-state index in [2.05, 4.69) is 10.2 Å². The number of piperidine rings is 2. The Morgan fingerprint density at radius 2 is 2.00 bits per heavy atom. The van der Waals surface area contributed by atoms with Crippen LogP contribution in [0.4, 0.5) is 0 Å². The van der Waals surface area contributed by atoms with Crippen LogP contribution in [0, 0.1) is 0 Å². The highest BCUT2D eigenvalue weighted by Gasteiger charge is 2.33. The molecule has 0 aromatic rings. The fourth-order valence-corrected chi connectivity index (χ4v) is 2.89. The summed E-state index contributed by atoms with van der Waals surface area (Å²) in [6.07, 6.45) is 6.34. The Morgan fingerprint density at radius 3 is 2.79 bits per heavy atom. The number of hydrogen-bond acceptors (Lipinski definition) is 2. The molecule has 80 valence electrons. The van der Waals surface area contributed by atoms with Gasteiger partial charge in [0.1, 0.15) is 0 Å². The standard InChI is InChI=1S/C11H20N2O/c1-9(14)12-10-5-4-8-13-7-3-2-6-11(10)13/h10-11H,2-8H2,1H3,(H,12,14)/t10-,11-/m1/s1. The van der Waals surface area contributed by atoms with Gasteiger partial charge in [-0.3, -0.25) is 9.69 Å². The lowest BCUT2D eigenvalue weighted by Gasteiger charge is -2.44. The van der Waals surface area contributed by atoms with Gasteiger partial charge in [0.2, 0.25) is 5.91 Å². The first-order chi connectivity index (χ1) is 6.77. The van der Waals surface area contributed by atoms with Crippen LogP contribution in [-0.2, 0) is 4.79 Å². The number of carbonyl (C=O) groups excluding carboxylic acids is 1. The minimum absolute atomic E-state index is 0.127. The largest absolute Gasteiger partial charge is 0.352 e. The quantitative estimate of drug-likeness (QED) is 0.682. The summed E-state index contributed by atoms with van der Waals surface area (Å²) in [7, 11) is 0. The molecule has 2 heterocycles. The van der Waals surface area contributed by atoms with Gasteiger partial charge in [-0.25, -0.2) is 0 Å². The molecule has 2 aliphatic rings. The third-order valence-corrected chi connectivity index (χ3v) is 3.48. The minimum atomic E-state index is 0.127. The molecule has 0 aliphatic carbocycles. The molecule has 2 saturated heterocycles. The van der Waals surface area contributed by atoms with Crippen molar-refractivity contribution in [1.29, 1.82) is 0 Å². The number of hydrogen-bond donors (Lipinski definition) is 1. The van der Waals surface area contributed by atoms with Crippen LogP contribution in [0.15, 0.2) is 0 Å². The van der Waals surface area contributed by atoms with Crippen LogP contribution in [0.5, 0.6) is 0 Å². The molecule has 1 N–H and O–H groups in total. The fourth-order valence-electron chi connectivity index (χ4n) is 2.89. The van der Waals surface area contributed by atoms with Crippen molar-refractivity contribution < 1.29 is 4.79 Å². The fraction of sp³-hybridized carbons (Fsp3) is 0.909. The van der Waals surface area contributed by atoms with Crippen LogP contribution < -0.4 is 5.32 Å². The SMILES string of the molecule is CC(=O)N[C@@H]1CCCN2CCCC[C@H]12. The Bertz CT molecular complexity index is 215. The monoisotopic (exact) mass is 196 g/mol. The lowest BCUT2D eigenvalue weighted by Crippen LogP contribution is -2.56. The zero-order chi connectivity index (χ0) is 9.97. The minimum Gasteiger partial charge on any atom is -0.352 e. The molecular weight excluding hydrogens is 176 g/mol. The summed E-state index contributed by atoms with van der Waals surface area (Å²) in [6.45, 7) is 4.10. The number of nitrogens with zero attached hydrogens (tertiary/aromatic N) is 1. The second-order valence-corrected chi connectivity index (χ2v) is 4.55. The number of rotatable bonds is 1. The Morgan fingerprint density at radius 1 is 1.21 bits per heavy atom. The van der Waals surface area contributed by atoms with E-state index in [0.717, 1.165) is 0 Å². The van der Waals surface area contributed by atoms with E-state index in [4.69, 9.17) is 0 Å². The maximum Gasteiger partial charge on any atom is 0.217 e. The molecule has 3 nitrogen and oxygen atoms in total. The van der Waals surface area contributed by atoms with Crippen LogP contribution >= 0.6 is 0 Å². The molecule has 2 aliphatic heterocycles. The van der Waals surface area contributed by atoms with E-state index in [0.29, 0.717) is 12.1 Å². The summed E-state index contributed by atoms with van der Waals surface area (Å²) in [5.41, 5.74) is 0. The number of carbonyl (C=O) groups is 1. The van der Waals surface area contributed by atoms with E-state index in [9.17, 15) is 4.79 Å². The molecule has 1 amide bonds. The highest BCUT2D eigenvalue weighted by molar-refractivity contribution is 5.73. The normalized spacial score (nSPS) is 33.5. The molecule has 0 unspecified atom stereocenters. The molecule has 14 heavy (non-hydrogen) atoms. The highest BCUT2D eigenvalue weighted by Crippen LogP contribution is 2.26. The van der Waals surface area contributed by atoms with Crippen molar-refractivity contribution in [2.75, 3.05) is 13.1 Å². The average molecular weight is 196 g/mol. The first-order valence-corrected chi connectivity index (χ1v) is 5.78. The Kier molecular flexibility index (Phi) is 3.06. The third-order valence-electron chi connectivity index (χ3n) is 3.48. The van der Waals surface area contributed by atoms with Crippen molar-refractivity contribution in [3.05, 3.63) is 0 Å². The number of nitrogens with one attached hydrogen (secondary N) is 1.